The Kier molecular flexibility index (Phi) is 5.02. The molecule has 2 aromatic heterocycles. The second-order valence-electron chi connectivity index (χ2n) is 4.71. The minimum atomic E-state index is -0.205. The normalized spacial score (nSPS) is 12.4. The number of nitrogens with zero attached hydrogens (tertiary/aromatic N) is 1. The van der Waals surface area contributed by atoms with Gasteiger partial charge in [0, 0.05) is 11.1 Å². The molecule has 0 bridgehead atoms. The first kappa shape index (κ1) is 15.3. The molecule has 106 valence electrons. The molecule has 6 heteroatoms. The molecule has 2 heterocycles. The fourth-order valence-corrected chi connectivity index (χ4v) is 3.02. The van der Waals surface area contributed by atoms with Crippen molar-refractivity contribution in [3.63, 3.8) is 0 Å². The quantitative estimate of drug-likeness (QED) is 0.835. The van der Waals surface area contributed by atoms with Crippen molar-refractivity contribution in [1.29, 1.82) is 0 Å². The predicted octanol–water partition coefficient (Wildman–Crippen LogP) is 4.58. The summed E-state index contributed by atoms with van der Waals surface area (Å²) in [6.45, 7) is 4.13. The highest BCUT2D eigenvalue weighted by atomic mass is 35.5. The van der Waals surface area contributed by atoms with Gasteiger partial charge in [-0.05, 0) is 23.4 Å². The van der Waals surface area contributed by atoms with Crippen LogP contribution in [-0.2, 0) is 0 Å². The maximum absolute atomic E-state index is 12.3. The van der Waals surface area contributed by atoms with E-state index in [0.29, 0.717) is 5.56 Å². The second-order valence-corrected chi connectivity index (χ2v) is 6.45. The fraction of sp³-hybridized carbons (Fsp3) is 0.286. The van der Waals surface area contributed by atoms with Gasteiger partial charge in [0.2, 0.25) is 0 Å². The molecule has 0 fully saturated rings. The van der Waals surface area contributed by atoms with Crippen LogP contribution in [0.15, 0.2) is 29.8 Å². The van der Waals surface area contributed by atoms with Gasteiger partial charge in [-0.1, -0.05) is 43.1 Å². The van der Waals surface area contributed by atoms with Crippen LogP contribution in [0.2, 0.25) is 10.2 Å². The molecule has 2 rings (SSSR count). The number of amides is 1. The highest BCUT2D eigenvalue weighted by Crippen LogP contribution is 2.26. The zero-order valence-corrected chi connectivity index (χ0v) is 13.4. The van der Waals surface area contributed by atoms with E-state index in [1.54, 1.807) is 11.3 Å². The van der Waals surface area contributed by atoms with E-state index in [4.69, 9.17) is 23.2 Å². The van der Waals surface area contributed by atoms with E-state index in [1.165, 1.54) is 12.3 Å². The van der Waals surface area contributed by atoms with Crippen molar-refractivity contribution in [1.82, 2.24) is 10.3 Å². The minimum absolute atomic E-state index is 0.0306. The molecule has 0 saturated heterocycles. The zero-order valence-electron chi connectivity index (χ0n) is 11.1. The van der Waals surface area contributed by atoms with Crippen LogP contribution in [0.25, 0.3) is 0 Å². The van der Waals surface area contributed by atoms with Gasteiger partial charge >= 0.3 is 0 Å². The van der Waals surface area contributed by atoms with Crippen molar-refractivity contribution in [2.45, 2.75) is 19.9 Å². The van der Waals surface area contributed by atoms with E-state index >= 15 is 0 Å². The molecule has 1 N–H and O–H groups in total. The van der Waals surface area contributed by atoms with Crippen LogP contribution in [0.1, 0.15) is 35.1 Å². The zero-order chi connectivity index (χ0) is 14.7. The Bertz CT molecular complexity index is 599. The van der Waals surface area contributed by atoms with Crippen molar-refractivity contribution in [2.75, 3.05) is 0 Å². The molecular formula is C14H14Cl2N2OS. The third-order valence-electron chi connectivity index (χ3n) is 2.86. The molecule has 0 radical (unpaired) electrons. The van der Waals surface area contributed by atoms with Crippen molar-refractivity contribution >= 4 is 40.4 Å². The van der Waals surface area contributed by atoms with Crippen LogP contribution in [0.5, 0.6) is 0 Å². The van der Waals surface area contributed by atoms with Gasteiger partial charge in [-0.25, -0.2) is 4.98 Å². The van der Waals surface area contributed by atoms with Crippen molar-refractivity contribution in [3.8, 4) is 0 Å². The number of hydrogen-bond donors (Lipinski definition) is 1. The van der Waals surface area contributed by atoms with Gasteiger partial charge < -0.3 is 5.32 Å². The van der Waals surface area contributed by atoms with Gasteiger partial charge in [0.1, 0.15) is 5.15 Å². The molecule has 0 aliphatic heterocycles. The van der Waals surface area contributed by atoms with E-state index in [1.807, 2.05) is 17.5 Å². The number of carbonyl (C=O) groups excluding carboxylic acids is 1. The number of thiophene rings is 1. The standard InChI is InChI=1S/C14H14Cl2N2OS/c1-8(2)12(11-4-3-5-20-11)18-14(19)9-6-10(15)13(16)17-7-9/h3-8,12H,1-2H3,(H,18,19). The summed E-state index contributed by atoms with van der Waals surface area (Å²) in [7, 11) is 0. The van der Waals surface area contributed by atoms with Gasteiger partial charge in [-0.15, -0.1) is 11.3 Å². The largest absolute Gasteiger partial charge is 0.344 e. The molecule has 3 nitrogen and oxygen atoms in total. The lowest BCUT2D eigenvalue weighted by atomic mass is 10.0. The number of hydrogen-bond acceptors (Lipinski definition) is 3. The molecule has 0 spiro atoms. The number of halogens is 2. The Balaban J connectivity index is 2.18. The monoisotopic (exact) mass is 328 g/mol. The van der Waals surface area contributed by atoms with E-state index in [9.17, 15) is 4.79 Å². The van der Waals surface area contributed by atoms with Crippen LogP contribution >= 0.6 is 34.5 Å². The first-order valence-electron chi connectivity index (χ1n) is 6.14. The lowest BCUT2D eigenvalue weighted by Crippen LogP contribution is -2.31. The number of rotatable bonds is 4. The molecular weight excluding hydrogens is 315 g/mol. The second kappa shape index (κ2) is 6.57. The van der Waals surface area contributed by atoms with Gasteiger partial charge in [0.15, 0.2) is 0 Å². The highest BCUT2D eigenvalue weighted by molar-refractivity contribution is 7.10. The minimum Gasteiger partial charge on any atom is -0.344 e. The third-order valence-corrected chi connectivity index (χ3v) is 4.50. The van der Waals surface area contributed by atoms with Crippen LogP contribution in [0, 0.1) is 5.92 Å². The molecule has 0 aromatic carbocycles. The van der Waals surface area contributed by atoms with Gasteiger partial charge in [0.05, 0.1) is 16.6 Å². The van der Waals surface area contributed by atoms with Crippen molar-refractivity contribution in [2.24, 2.45) is 5.92 Å². The Morgan fingerprint density at radius 3 is 2.70 bits per heavy atom. The van der Waals surface area contributed by atoms with Crippen molar-refractivity contribution in [3.05, 3.63) is 50.4 Å². The summed E-state index contributed by atoms with van der Waals surface area (Å²) in [6, 6.07) is 5.49. The summed E-state index contributed by atoms with van der Waals surface area (Å²) in [5.74, 6) is 0.0801. The predicted molar refractivity (Wildman–Crippen MR) is 83.6 cm³/mol. The first-order chi connectivity index (χ1) is 9.49. The molecule has 1 unspecified atom stereocenters. The van der Waals surface area contributed by atoms with Crippen LogP contribution < -0.4 is 5.32 Å². The van der Waals surface area contributed by atoms with Crippen LogP contribution in [0.3, 0.4) is 0 Å². The molecule has 1 amide bonds. The summed E-state index contributed by atoms with van der Waals surface area (Å²) in [4.78, 5) is 17.3. The molecule has 0 aliphatic carbocycles. The summed E-state index contributed by atoms with van der Waals surface area (Å²) >= 11 is 13.3. The lowest BCUT2D eigenvalue weighted by Gasteiger charge is -2.21. The highest BCUT2D eigenvalue weighted by Gasteiger charge is 2.20. The maximum Gasteiger partial charge on any atom is 0.253 e. The Hall–Kier alpha value is -1.10. The summed E-state index contributed by atoms with van der Waals surface area (Å²) in [5.41, 5.74) is 0.404. The third kappa shape index (κ3) is 3.51. The molecule has 2 aromatic rings. The lowest BCUT2D eigenvalue weighted by molar-refractivity contribution is 0.0926. The Labute approximate surface area is 131 Å². The van der Waals surface area contributed by atoms with Gasteiger partial charge in [-0.3, -0.25) is 4.79 Å². The molecule has 0 aliphatic rings. The summed E-state index contributed by atoms with van der Waals surface area (Å²) < 4.78 is 0. The van der Waals surface area contributed by atoms with Gasteiger partial charge in [-0.2, -0.15) is 0 Å². The number of carbonyl (C=O) groups is 1. The van der Waals surface area contributed by atoms with E-state index in [0.717, 1.165) is 4.88 Å². The molecule has 0 saturated carbocycles. The Morgan fingerprint density at radius 2 is 2.15 bits per heavy atom. The molecule has 1 atom stereocenters. The number of pyridine rings is 1. The first-order valence-corrected chi connectivity index (χ1v) is 7.78. The number of nitrogens with one attached hydrogen (secondary N) is 1. The smallest absolute Gasteiger partial charge is 0.253 e. The Morgan fingerprint density at radius 1 is 1.40 bits per heavy atom. The van der Waals surface area contributed by atoms with Crippen molar-refractivity contribution < 1.29 is 4.79 Å². The van der Waals surface area contributed by atoms with E-state index in [-0.39, 0.29) is 28.0 Å². The number of aromatic nitrogens is 1. The van der Waals surface area contributed by atoms with Crippen LogP contribution in [-0.4, -0.2) is 10.9 Å². The summed E-state index contributed by atoms with van der Waals surface area (Å²) in [6.07, 6.45) is 1.43. The van der Waals surface area contributed by atoms with Crippen LogP contribution in [0.4, 0.5) is 0 Å². The molecule has 20 heavy (non-hydrogen) atoms. The topological polar surface area (TPSA) is 42.0 Å². The average Bonchev–Trinajstić information content (AvgIpc) is 2.92. The maximum atomic E-state index is 12.3. The van der Waals surface area contributed by atoms with Gasteiger partial charge in [0.25, 0.3) is 5.91 Å². The fourth-order valence-electron chi connectivity index (χ4n) is 1.80. The SMILES string of the molecule is CC(C)C(NC(=O)c1cnc(Cl)c(Cl)c1)c1cccs1. The summed E-state index contributed by atoms with van der Waals surface area (Å²) in [5, 5.41) is 5.48. The van der Waals surface area contributed by atoms with E-state index < -0.39 is 0 Å². The van der Waals surface area contributed by atoms with E-state index in [2.05, 4.69) is 24.1 Å². The average molecular weight is 329 g/mol.